The highest BCUT2D eigenvalue weighted by molar-refractivity contribution is 6.34. The Kier molecular flexibility index (Phi) is 10.1. The minimum absolute atomic E-state index is 0.0365. The number of aliphatic hydroxyl groups is 1. The molecule has 4 rings (SSSR count). The van der Waals surface area contributed by atoms with Gasteiger partial charge in [-0.2, -0.15) is 4.98 Å². The molecule has 0 aliphatic carbocycles. The third kappa shape index (κ3) is 8.39. The molecule has 0 fully saturated rings. The summed E-state index contributed by atoms with van der Waals surface area (Å²) < 4.78 is 70.3. The van der Waals surface area contributed by atoms with Gasteiger partial charge < -0.3 is 19.9 Å². The Morgan fingerprint density at radius 1 is 0.958 bits per heavy atom. The fourth-order valence-corrected chi connectivity index (χ4v) is 4.47. The average Bonchev–Trinajstić information content (AvgIpc) is 3.37. The number of anilines is 1. The van der Waals surface area contributed by atoms with Crippen molar-refractivity contribution >= 4 is 41.3 Å². The van der Waals surface area contributed by atoms with Crippen LogP contribution < -0.4 is 10.2 Å². The van der Waals surface area contributed by atoms with E-state index in [2.05, 4.69) is 10.1 Å². The summed E-state index contributed by atoms with van der Waals surface area (Å²) in [5.74, 6) is -7.47. The SMILES string of the molecule is CC(C)(C)OC(=O)N(C(=O)OC(C)(C)C)c1nc2cc(-c3ccc(Cl)c(C(=O)NCC(F)(F)[C@H](O)c4ccc(F)cc4)c3F)ccn2n1. The topological polar surface area (TPSA) is 135 Å². The summed E-state index contributed by atoms with van der Waals surface area (Å²) in [4.78, 5) is 43.7. The van der Waals surface area contributed by atoms with E-state index in [1.54, 1.807) is 41.5 Å². The van der Waals surface area contributed by atoms with Crippen molar-refractivity contribution < 1.29 is 46.5 Å². The monoisotopic (exact) mass is 693 g/mol. The van der Waals surface area contributed by atoms with Gasteiger partial charge in [0.2, 0.25) is 0 Å². The molecule has 2 aromatic carbocycles. The van der Waals surface area contributed by atoms with Crippen LogP contribution in [-0.4, -0.2) is 61.5 Å². The van der Waals surface area contributed by atoms with E-state index >= 15 is 4.39 Å². The summed E-state index contributed by atoms with van der Waals surface area (Å²) in [6, 6.07) is 8.88. The van der Waals surface area contributed by atoms with Gasteiger partial charge in [0, 0.05) is 11.8 Å². The van der Waals surface area contributed by atoms with E-state index in [-0.39, 0.29) is 27.4 Å². The number of nitrogens with one attached hydrogen (secondary N) is 1. The van der Waals surface area contributed by atoms with Crippen LogP contribution in [0.2, 0.25) is 5.02 Å². The number of rotatable bonds is 7. The lowest BCUT2D eigenvalue weighted by molar-refractivity contribution is -0.106. The zero-order valence-corrected chi connectivity index (χ0v) is 27.4. The quantitative estimate of drug-likeness (QED) is 0.196. The molecule has 16 heteroatoms. The van der Waals surface area contributed by atoms with E-state index in [9.17, 15) is 32.7 Å². The third-order valence-corrected chi connectivity index (χ3v) is 6.69. The van der Waals surface area contributed by atoms with Crippen molar-refractivity contribution in [2.24, 2.45) is 0 Å². The minimum atomic E-state index is -3.92. The molecule has 1 atom stereocenters. The maximum Gasteiger partial charge on any atom is 0.427 e. The number of ether oxygens (including phenoxy) is 2. The number of amides is 3. The van der Waals surface area contributed by atoms with Crippen LogP contribution in [0.15, 0.2) is 54.7 Å². The second-order valence-corrected chi connectivity index (χ2v) is 13.0. The first-order valence-corrected chi connectivity index (χ1v) is 14.7. The lowest BCUT2D eigenvalue weighted by Crippen LogP contribution is -2.44. The first-order chi connectivity index (χ1) is 22.2. The Bertz CT molecular complexity index is 1830. The van der Waals surface area contributed by atoms with Gasteiger partial charge in [-0.3, -0.25) is 4.79 Å². The molecule has 2 aromatic heterocycles. The lowest BCUT2D eigenvalue weighted by atomic mass is 10.0. The van der Waals surface area contributed by atoms with Gasteiger partial charge in [-0.1, -0.05) is 23.7 Å². The van der Waals surface area contributed by atoms with Gasteiger partial charge in [0.05, 0.1) is 17.1 Å². The standard InChI is InChI=1S/C32H32ClF4N5O6/c1-30(2,3)47-28(45)42(29(46)48-31(4,5)6)27-39-22-15-18(13-14-41(22)40-27)20-11-12-21(33)23(24(20)35)26(44)38-16-32(36,37)25(43)17-7-9-19(34)10-8-17/h7-15,25,43H,16H2,1-6H3,(H,38,44)/t25-/m1/s1. The van der Waals surface area contributed by atoms with Gasteiger partial charge in [0.15, 0.2) is 5.65 Å². The number of halogens is 5. The van der Waals surface area contributed by atoms with Crippen molar-refractivity contribution in [2.75, 3.05) is 11.4 Å². The van der Waals surface area contributed by atoms with Gasteiger partial charge in [0.25, 0.3) is 17.8 Å². The maximum atomic E-state index is 15.8. The maximum absolute atomic E-state index is 15.8. The predicted octanol–water partition coefficient (Wildman–Crippen LogP) is 7.10. The van der Waals surface area contributed by atoms with Crippen LogP contribution in [0.3, 0.4) is 0 Å². The molecule has 11 nitrogen and oxygen atoms in total. The van der Waals surface area contributed by atoms with Crippen LogP contribution in [-0.2, 0) is 9.47 Å². The van der Waals surface area contributed by atoms with Gasteiger partial charge in [-0.05, 0) is 89.1 Å². The number of benzene rings is 2. The number of carbonyl (C=O) groups is 3. The molecular formula is C32H32ClF4N5O6. The zero-order valence-electron chi connectivity index (χ0n) is 26.6. The Balaban J connectivity index is 1.63. The number of aromatic nitrogens is 3. The summed E-state index contributed by atoms with van der Waals surface area (Å²) >= 11 is 6.10. The predicted molar refractivity (Wildman–Crippen MR) is 167 cm³/mol. The highest BCUT2D eigenvalue weighted by atomic mass is 35.5. The fourth-order valence-electron chi connectivity index (χ4n) is 4.24. The van der Waals surface area contributed by atoms with Gasteiger partial charge in [0.1, 0.15) is 28.9 Å². The van der Waals surface area contributed by atoms with Crippen LogP contribution in [0.4, 0.5) is 33.1 Å². The molecule has 0 unspecified atom stereocenters. The van der Waals surface area contributed by atoms with Crippen LogP contribution in [0.1, 0.15) is 63.6 Å². The Hall–Kier alpha value is -4.76. The Morgan fingerprint density at radius 3 is 2.10 bits per heavy atom. The first-order valence-electron chi connectivity index (χ1n) is 14.4. The highest BCUT2D eigenvalue weighted by Gasteiger charge is 2.40. The summed E-state index contributed by atoms with van der Waals surface area (Å²) in [7, 11) is 0. The minimum Gasteiger partial charge on any atom is -0.443 e. The zero-order chi connectivity index (χ0) is 35.8. The van der Waals surface area contributed by atoms with Crippen molar-refractivity contribution in [1.82, 2.24) is 19.9 Å². The van der Waals surface area contributed by atoms with Crippen molar-refractivity contribution in [3.05, 3.63) is 82.5 Å². The molecule has 2 N–H and O–H groups in total. The third-order valence-electron chi connectivity index (χ3n) is 6.38. The fraction of sp³-hybridized carbons (Fsp3) is 0.344. The number of pyridine rings is 1. The molecule has 3 amide bonds. The molecule has 0 saturated carbocycles. The van der Waals surface area contributed by atoms with Crippen molar-refractivity contribution in [1.29, 1.82) is 0 Å². The lowest BCUT2D eigenvalue weighted by Gasteiger charge is -2.26. The first kappa shape index (κ1) is 36.1. The number of alkyl halides is 2. The number of fused-ring (bicyclic) bond motifs is 1. The highest BCUT2D eigenvalue weighted by Crippen LogP contribution is 2.33. The van der Waals surface area contributed by atoms with Crippen LogP contribution >= 0.6 is 11.6 Å². The molecular weight excluding hydrogens is 662 g/mol. The van der Waals surface area contributed by atoms with Crippen molar-refractivity contribution in [3.63, 3.8) is 0 Å². The Morgan fingerprint density at radius 2 is 1.54 bits per heavy atom. The second-order valence-electron chi connectivity index (χ2n) is 12.6. The summed E-state index contributed by atoms with van der Waals surface area (Å²) in [6.45, 7) is 8.18. The van der Waals surface area contributed by atoms with Crippen LogP contribution in [0.5, 0.6) is 0 Å². The molecule has 0 spiro atoms. The van der Waals surface area contributed by atoms with Gasteiger partial charge >= 0.3 is 12.2 Å². The van der Waals surface area contributed by atoms with Gasteiger partial charge in [-0.15, -0.1) is 10.00 Å². The summed E-state index contributed by atoms with van der Waals surface area (Å²) in [6.07, 6.45) is -3.27. The molecule has 0 aliphatic rings. The molecule has 2 heterocycles. The number of imide groups is 1. The number of carbonyl (C=O) groups excluding carboxylic acids is 3. The summed E-state index contributed by atoms with van der Waals surface area (Å²) in [5, 5.41) is 15.8. The number of hydrogen-bond acceptors (Lipinski definition) is 8. The average molecular weight is 694 g/mol. The largest absolute Gasteiger partial charge is 0.443 e. The van der Waals surface area contributed by atoms with Crippen molar-refractivity contribution in [3.8, 4) is 11.1 Å². The van der Waals surface area contributed by atoms with Crippen molar-refractivity contribution in [2.45, 2.75) is 64.8 Å². The summed E-state index contributed by atoms with van der Waals surface area (Å²) in [5.41, 5.74) is -3.02. The number of hydrogen-bond donors (Lipinski definition) is 2. The smallest absolute Gasteiger partial charge is 0.427 e. The molecule has 0 bridgehead atoms. The molecule has 0 radical (unpaired) electrons. The molecule has 256 valence electrons. The van der Waals surface area contributed by atoms with E-state index in [1.165, 1.54) is 35.0 Å². The van der Waals surface area contributed by atoms with Crippen LogP contribution in [0.25, 0.3) is 16.8 Å². The van der Waals surface area contributed by atoms with E-state index in [4.69, 9.17) is 21.1 Å². The van der Waals surface area contributed by atoms with Gasteiger partial charge in [-0.25, -0.2) is 31.7 Å². The number of nitrogens with zero attached hydrogens (tertiary/aromatic N) is 4. The normalized spacial score (nSPS) is 12.8. The molecule has 4 aromatic rings. The molecule has 0 saturated heterocycles. The van der Waals surface area contributed by atoms with E-state index in [0.717, 1.165) is 24.3 Å². The van der Waals surface area contributed by atoms with E-state index in [0.29, 0.717) is 4.90 Å². The van der Waals surface area contributed by atoms with E-state index < -0.39 is 71.0 Å². The Labute approximate surface area is 277 Å². The second kappa shape index (κ2) is 13.4. The van der Waals surface area contributed by atoms with E-state index in [1.807, 2.05) is 5.32 Å². The number of aliphatic hydroxyl groups excluding tert-OH is 1. The molecule has 0 aliphatic heterocycles. The molecule has 48 heavy (non-hydrogen) atoms. The van der Waals surface area contributed by atoms with Crippen LogP contribution in [0, 0.1) is 11.6 Å².